The highest BCUT2D eigenvalue weighted by Crippen LogP contribution is 2.33. The average molecular weight is 512 g/mol. The first kappa shape index (κ1) is 27.8. The van der Waals surface area contributed by atoms with Crippen molar-refractivity contribution < 1.29 is 13.8 Å². The fourth-order valence-electron chi connectivity index (χ4n) is 6.26. The van der Waals surface area contributed by atoms with Crippen molar-refractivity contribution in [2.75, 3.05) is 52.9 Å². The fourth-order valence-corrected chi connectivity index (χ4v) is 6.26. The van der Waals surface area contributed by atoms with E-state index in [4.69, 9.17) is 0 Å². The Bertz CT molecular complexity index is 974. The Balaban J connectivity index is 1.28. The van der Waals surface area contributed by atoms with Gasteiger partial charge in [-0.05, 0) is 56.9 Å². The first-order valence-electron chi connectivity index (χ1n) is 14.4. The SMILES string of the molecule is C=CC1CN(C2CCN(C(=O)C3(F)CC=[N+](CC4=CCN(C)C(C)=CC4)CC3)CC2)CC1C=C(C)CC. The molecule has 6 heteroatoms. The highest BCUT2D eigenvalue weighted by atomic mass is 19.1. The Morgan fingerprint density at radius 1 is 1.24 bits per heavy atom. The molecule has 0 radical (unpaired) electrons. The third-order valence-electron chi connectivity index (χ3n) is 9.24. The molecule has 5 nitrogen and oxygen atoms in total. The molecule has 0 saturated carbocycles. The number of nitrogens with zero attached hydrogens (tertiary/aromatic N) is 4. The first-order valence-corrected chi connectivity index (χ1v) is 14.4. The molecule has 37 heavy (non-hydrogen) atoms. The second-order valence-electron chi connectivity index (χ2n) is 11.8. The van der Waals surface area contributed by atoms with Crippen LogP contribution in [0.2, 0.25) is 0 Å². The highest BCUT2D eigenvalue weighted by Gasteiger charge is 2.46. The van der Waals surface area contributed by atoms with Crippen molar-refractivity contribution in [2.24, 2.45) is 11.8 Å². The Labute approximate surface area is 224 Å². The number of likely N-dealkylation sites (N-methyl/N-ethyl adjacent to an activating group) is 1. The number of allylic oxidation sites excluding steroid dienone is 3. The third kappa shape index (κ3) is 6.63. The number of hydrogen-bond donors (Lipinski definition) is 0. The zero-order valence-electron chi connectivity index (χ0n) is 23.6. The van der Waals surface area contributed by atoms with Crippen molar-refractivity contribution >= 4 is 12.1 Å². The van der Waals surface area contributed by atoms with Gasteiger partial charge in [-0.2, -0.15) is 0 Å². The molecule has 4 aliphatic rings. The molecule has 1 amide bonds. The topological polar surface area (TPSA) is 29.8 Å². The van der Waals surface area contributed by atoms with Crippen LogP contribution in [0, 0.1) is 11.8 Å². The molecule has 0 bridgehead atoms. The third-order valence-corrected chi connectivity index (χ3v) is 9.24. The van der Waals surface area contributed by atoms with Crippen LogP contribution < -0.4 is 0 Å². The Morgan fingerprint density at radius 2 is 1.97 bits per heavy atom. The molecule has 2 fully saturated rings. The standard InChI is InChI=1S/C31H48FN4O/c1-6-24(3)20-28-23-36(22-27(28)7-2)29-11-16-35(17-12-29)30(37)31(32)13-18-34(19-14-31)21-26-9-8-25(4)33(5)15-10-26/h7-8,10,18,20,27-29H,2,6,9,11-17,19,21-23H2,1,3-5H3/q+1. The summed E-state index contributed by atoms with van der Waals surface area (Å²) in [5.41, 5.74) is 2.34. The van der Waals surface area contributed by atoms with E-state index in [1.54, 1.807) is 4.90 Å². The van der Waals surface area contributed by atoms with Gasteiger partial charge in [-0.3, -0.25) is 9.69 Å². The van der Waals surface area contributed by atoms with E-state index in [2.05, 4.69) is 73.1 Å². The van der Waals surface area contributed by atoms with E-state index in [0.29, 0.717) is 37.5 Å². The van der Waals surface area contributed by atoms with Crippen LogP contribution in [0.4, 0.5) is 4.39 Å². The molecule has 0 aliphatic carbocycles. The molecule has 3 atom stereocenters. The van der Waals surface area contributed by atoms with E-state index in [9.17, 15) is 4.79 Å². The lowest BCUT2D eigenvalue weighted by Crippen LogP contribution is -2.54. The van der Waals surface area contributed by atoms with Crippen LogP contribution in [0.1, 0.15) is 59.3 Å². The van der Waals surface area contributed by atoms with Gasteiger partial charge in [-0.25, -0.2) is 8.97 Å². The van der Waals surface area contributed by atoms with Crippen LogP contribution >= 0.6 is 0 Å². The van der Waals surface area contributed by atoms with E-state index in [1.807, 2.05) is 6.21 Å². The van der Waals surface area contributed by atoms with Crippen molar-refractivity contribution in [2.45, 2.75) is 71.0 Å². The number of piperidine rings is 1. The van der Waals surface area contributed by atoms with Crippen LogP contribution in [0.3, 0.4) is 0 Å². The molecule has 4 heterocycles. The summed E-state index contributed by atoms with van der Waals surface area (Å²) in [4.78, 5) is 19.9. The van der Waals surface area contributed by atoms with Crippen molar-refractivity contribution in [3.05, 3.63) is 47.7 Å². The maximum atomic E-state index is 15.9. The van der Waals surface area contributed by atoms with Crippen molar-refractivity contribution in [3.63, 3.8) is 0 Å². The van der Waals surface area contributed by atoms with Gasteiger partial charge in [-0.15, -0.1) is 6.58 Å². The van der Waals surface area contributed by atoms with Gasteiger partial charge in [0, 0.05) is 51.5 Å². The van der Waals surface area contributed by atoms with Crippen LogP contribution in [0.5, 0.6) is 0 Å². The number of likely N-dealkylation sites (tertiary alicyclic amines) is 2. The number of carbonyl (C=O) groups is 1. The van der Waals surface area contributed by atoms with Gasteiger partial charge < -0.3 is 9.80 Å². The summed E-state index contributed by atoms with van der Waals surface area (Å²) in [7, 11) is 2.11. The summed E-state index contributed by atoms with van der Waals surface area (Å²) in [5, 5.41) is 0. The van der Waals surface area contributed by atoms with Gasteiger partial charge >= 0.3 is 0 Å². The van der Waals surface area contributed by atoms with Crippen LogP contribution in [-0.2, 0) is 4.79 Å². The van der Waals surface area contributed by atoms with E-state index in [0.717, 1.165) is 51.9 Å². The molecule has 4 aliphatic heterocycles. The van der Waals surface area contributed by atoms with E-state index in [1.165, 1.54) is 16.8 Å². The second kappa shape index (κ2) is 12.1. The molecule has 0 aromatic heterocycles. The van der Waals surface area contributed by atoms with Crippen molar-refractivity contribution in [3.8, 4) is 0 Å². The Morgan fingerprint density at radius 3 is 2.62 bits per heavy atom. The largest absolute Gasteiger partial charge is 0.375 e. The van der Waals surface area contributed by atoms with E-state index >= 15 is 4.39 Å². The van der Waals surface area contributed by atoms with Crippen LogP contribution in [-0.4, -0.2) is 96.0 Å². The van der Waals surface area contributed by atoms with Gasteiger partial charge in [-0.1, -0.05) is 36.8 Å². The monoisotopic (exact) mass is 511 g/mol. The molecule has 0 aromatic carbocycles. The quantitative estimate of drug-likeness (QED) is 0.363. The predicted octanol–water partition coefficient (Wildman–Crippen LogP) is 4.82. The zero-order valence-corrected chi connectivity index (χ0v) is 23.6. The minimum Gasteiger partial charge on any atom is -0.375 e. The number of hydrogen-bond acceptors (Lipinski definition) is 3. The smallest absolute Gasteiger partial charge is 0.261 e. The molecule has 3 unspecified atom stereocenters. The summed E-state index contributed by atoms with van der Waals surface area (Å²) < 4.78 is 18.1. The first-order chi connectivity index (χ1) is 17.7. The minimum absolute atomic E-state index is 0.186. The number of halogens is 1. The number of rotatable bonds is 7. The summed E-state index contributed by atoms with van der Waals surface area (Å²) in [5.74, 6) is 0.729. The summed E-state index contributed by atoms with van der Waals surface area (Å²) in [6.07, 6.45) is 15.4. The molecule has 204 valence electrons. The van der Waals surface area contributed by atoms with Crippen molar-refractivity contribution in [1.29, 1.82) is 0 Å². The van der Waals surface area contributed by atoms with Gasteiger partial charge in [0.05, 0.1) is 12.8 Å². The maximum Gasteiger partial charge on any atom is 0.261 e. The maximum absolute atomic E-state index is 15.9. The molecular formula is C31H48FN4O+. The molecular weight excluding hydrogens is 463 g/mol. The number of amides is 1. The summed E-state index contributed by atoms with van der Waals surface area (Å²) in [6.45, 7) is 16.4. The Kier molecular flexibility index (Phi) is 9.10. The zero-order chi connectivity index (χ0) is 26.6. The number of carbonyl (C=O) groups excluding carboxylic acids is 1. The minimum atomic E-state index is -1.76. The van der Waals surface area contributed by atoms with E-state index in [-0.39, 0.29) is 18.7 Å². The van der Waals surface area contributed by atoms with E-state index < -0.39 is 5.67 Å². The molecule has 0 aromatic rings. The second-order valence-corrected chi connectivity index (χ2v) is 11.8. The van der Waals surface area contributed by atoms with Crippen molar-refractivity contribution in [1.82, 2.24) is 14.7 Å². The molecule has 4 rings (SSSR count). The van der Waals surface area contributed by atoms with Crippen LogP contribution in [0.15, 0.2) is 47.7 Å². The molecule has 0 N–H and O–H groups in total. The summed E-state index contributed by atoms with van der Waals surface area (Å²) in [6, 6.07) is 0.473. The molecule has 0 spiro atoms. The Hall–Kier alpha value is -2.21. The average Bonchev–Trinajstić information content (AvgIpc) is 3.25. The highest BCUT2D eigenvalue weighted by molar-refractivity contribution is 5.88. The predicted molar refractivity (Wildman–Crippen MR) is 151 cm³/mol. The van der Waals surface area contributed by atoms with Crippen LogP contribution in [0.25, 0.3) is 0 Å². The van der Waals surface area contributed by atoms with Gasteiger partial charge in [0.15, 0.2) is 6.54 Å². The lowest BCUT2D eigenvalue weighted by Gasteiger charge is -2.39. The number of alkyl halides is 1. The van der Waals surface area contributed by atoms with Gasteiger partial charge in [0.25, 0.3) is 5.91 Å². The lowest BCUT2D eigenvalue weighted by atomic mass is 9.92. The lowest BCUT2D eigenvalue weighted by molar-refractivity contribution is -0.523. The normalized spacial score (nSPS) is 30.5. The van der Waals surface area contributed by atoms with Gasteiger partial charge in [0.1, 0.15) is 12.8 Å². The van der Waals surface area contributed by atoms with Gasteiger partial charge in [0.2, 0.25) is 5.67 Å². The molecule has 2 saturated heterocycles. The summed E-state index contributed by atoms with van der Waals surface area (Å²) >= 11 is 0. The fraction of sp³-hybridized carbons (Fsp3) is 0.677.